The molecule has 0 radical (unpaired) electrons. The molecule has 1 amide bonds. The van der Waals surface area contributed by atoms with Crippen molar-refractivity contribution in [3.8, 4) is 11.8 Å². The molecule has 0 spiro atoms. The average Bonchev–Trinajstić information content (AvgIpc) is 2.01. The van der Waals surface area contributed by atoms with Crippen molar-refractivity contribution in [1.82, 2.24) is 0 Å². The molecule has 0 heterocycles. The monoisotopic (exact) mass is 211 g/mol. The van der Waals surface area contributed by atoms with Crippen LogP contribution < -0.4 is 5.73 Å². The van der Waals surface area contributed by atoms with Gasteiger partial charge < -0.3 is 5.73 Å². The topological polar surface area (TPSA) is 43.1 Å². The fraction of sp³-hybridized carbons (Fsp3) is 0.100. The molecule has 0 aliphatic heterocycles. The van der Waals surface area contributed by atoms with Crippen LogP contribution in [0.25, 0.3) is 0 Å². The highest BCUT2D eigenvalue weighted by molar-refractivity contribution is 6.30. The molecule has 0 fully saturated rings. The first-order valence-corrected chi connectivity index (χ1v) is 4.19. The van der Waals surface area contributed by atoms with Crippen molar-refractivity contribution in [3.05, 3.63) is 34.6 Å². The van der Waals surface area contributed by atoms with Crippen molar-refractivity contribution in [1.29, 1.82) is 0 Å². The van der Waals surface area contributed by atoms with Crippen LogP contribution in [0.3, 0.4) is 0 Å². The molecule has 0 saturated carbocycles. The number of benzene rings is 1. The standard InChI is InChI=1S/C10H7ClFNO/c11-8-4-7(5-9(12)6-8)2-1-3-10(13)14/h4-6H,3H2,(H2,13,14). The first kappa shape index (κ1) is 10.6. The normalized spacial score (nSPS) is 9.00. The van der Waals surface area contributed by atoms with Crippen molar-refractivity contribution in [2.45, 2.75) is 6.42 Å². The van der Waals surface area contributed by atoms with Crippen LogP contribution in [-0.2, 0) is 4.79 Å². The van der Waals surface area contributed by atoms with Gasteiger partial charge in [0.15, 0.2) is 0 Å². The summed E-state index contributed by atoms with van der Waals surface area (Å²) in [6, 6.07) is 3.93. The Balaban J connectivity index is 2.84. The van der Waals surface area contributed by atoms with E-state index in [1.54, 1.807) is 0 Å². The van der Waals surface area contributed by atoms with Crippen LogP contribution in [0.2, 0.25) is 5.02 Å². The van der Waals surface area contributed by atoms with Crippen molar-refractivity contribution in [2.75, 3.05) is 0 Å². The SMILES string of the molecule is NC(=O)CC#Cc1cc(F)cc(Cl)c1. The third kappa shape index (κ3) is 3.46. The molecule has 0 aromatic heterocycles. The molecular formula is C10H7ClFNO. The number of hydrogen-bond donors (Lipinski definition) is 1. The van der Waals surface area contributed by atoms with Crippen molar-refractivity contribution < 1.29 is 9.18 Å². The smallest absolute Gasteiger partial charge is 0.229 e. The molecule has 1 aromatic carbocycles. The van der Waals surface area contributed by atoms with Gasteiger partial charge in [0.1, 0.15) is 5.82 Å². The molecule has 0 unspecified atom stereocenters. The van der Waals surface area contributed by atoms with Gasteiger partial charge in [0.25, 0.3) is 0 Å². The highest BCUT2D eigenvalue weighted by atomic mass is 35.5. The molecule has 14 heavy (non-hydrogen) atoms. The van der Waals surface area contributed by atoms with Crippen LogP contribution in [0.4, 0.5) is 4.39 Å². The van der Waals surface area contributed by atoms with Crippen LogP contribution in [0.5, 0.6) is 0 Å². The second-order valence-electron chi connectivity index (χ2n) is 2.60. The lowest BCUT2D eigenvalue weighted by molar-refractivity contribution is -0.117. The van der Waals surface area contributed by atoms with Crippen molar-refractivity contribution >= 4 is 17.5 Å². The summed E-state index contributed by atoms with van der Waals surface area (Å²) in [5.41, 5.74) is 5.30. The van der Waals surface area contributed by atoms with Gasteiger partial charge in [-0.2, -0.15) is 0 Å². The van der Waals surface area contributed by atoms with Crippen LogP contribution in [0.1, 0.15) is 12.0 Å². The summed E-state index contributed by atoms with van der Waals surface area (Å²) in [6.45, 7) is 0. The lowest BCUT2D eigenvalue weighted by atomic mass is 10.2. The highest BCUT2D eigenvalue weighted by Gasteiger charge is 1.95. The molecule has 0 saturated heterocycles. The molecule has 0 aliphatic rings. The summed E-state index contributed by atoms with van der Waals surface area (Å²) in [5, 5.41) is 0.272. The van der Waals surface area contributed by atoms with Crippen LogP contribution in [0.15, 0.2) is 18.2 Å². The summed E-state index contributed by atoms with van der Waals surface area (Å²) in [4.78, 5) is 10.3. The van der Waals surface area contributed by atoms with E-state index in [2.05, 4.69) is 11.8 Å². The van der Waals surface area contributed by atoms with E-state index in [9.17, 15) is 9.18 Å². The van der Waals surface area contributed by atoms with Gasteiger partial charge in [-0.25, -0.2) is 4.39 Å². The summed E-state index contributed by atoms with van der Waals surface area (Å²) in [7, 11) is 0. The second kappa shape index (κ2) is 4.64. The third-order valence-electron chi connectivity index (χ3n) is 1.36. The maximum atomic E-state index is 12.8. The molecule has 2 nitrogen and oxygen atoms in total. The third-order valence-corrected chi connectivity index (χ3v) is 1.58. The van der Waals surface area contributed by atoms with E-state index in [-0.39, 0.29) is 11.4 Å². The molecule has 0 aliphatic carbocycles. The first-order chi connectivity index (χ1) is 6.58. The average molecular weight is 212 g/mol. The zero-order valence-corrected chi connectivity index (χ0v) is 7.94. The number of primary amides is 1. The number of hydrogen-bond acceptors (Lipinski definition) is 1. The molecule has 0 atom stereocenters. The van der Waals surface area contributed by atoms with Gasteiger partial charge in [-0.15, -0.1) is 0 Å². The molecule has 4 heteroatoms. The minimum Gasteiger partial charge on any atom is -0.369 e. The lowest BCUT2D eigenvalue weighted by Crippen LogP contribution is -2.08. The Hall–Kier alpha value is -1.53. The van der Waals surface area contributed by atoms with Gasteiger partial charge in [0.05, 0.1) is 6.42 Å². The Kier molecular flexibility index (Phi) is 3.49. The molecule has 0 bridgehead atoms. The first-order valence-electron chi connectivity index (χ1n) is 3.81. The van der Waals surface area contributed by atoms with Crippen LogP contribution >= 0.6 is 11.6 Å². The number of halogens is 2. The van der Waals surface area contributed by atoms with E-state index < -0.39 is 11.7 Å². The Labute approximate surface area is 85.9 Å². The summed E-state index contributed by atoms with van der Waals surface area (Å²) >= 11 is 5.59. The maximum absolute atomic E-state index is 12.8. The quantitative estimate of drug-likeness (QED) is 0.706. The predicted octanol–water partition coefficient (Wildman–Crippen LogP) is 1.71. The molecule has 1 aromatic rings. The van der Waals surface area contributed by atoms with Crippen LogP contribution in [-0.4, -0.2) is 5.91 Å². The minimum absolute atomic E-state index is 0.0475. The Morgan fingerprint density at radius 3 is 2.79 bits per heavy atom. The largest absolute Gasteiger partial charge is 0.369 e. The number of rotatable bonds is 1. The number of amides is 1. The van der Waals surface area contributed by atoms with E-state index in [0.717, 1.165) is 0 Å². The van der Waals surface area contributed by atoms with Gasteiger partial charge in [0.2, 0.25) is 5.91 Å². The van der Waals surface area contributed by atoms with E-state index >= 15 is 0 Å². The predicted molar refractivity (Wildman–Crippen MR) is 52.1 cm³/mol. The second-order valence-corrected chi connectivity index (χ2v) is 3.04. The summed E-state index contributed by atoms with van der Waals surface area (Å²) < 4.78 is 12.8. The lowest BCUT2D eigenvalue weighted by Gasteiger charge is -1.93. The van der Waals surface area contributed by atoms with Gasteiger partial charge in [-0.1, -0.05) is 23.4 Å². The molecule has 1 rings (SSSR count). The number of carbonyl (C=O) groups excluding carboxylic acids is 1. The van der Waals surface area contributed by atoms with E-state index in [4.69, 9.17) is 17.3 Å². The van der Waals surface area contributed by atoms with E-state index in [1.165, 1.54) is 18.2 Å². The minimum atomic E-state index is -0.514. The van der Waals surface area contributed by atoms with Gasteiger partial charge in [-0.3, -0.25) is 4.79 Å². The maximum Gasteiger partial charge on any atom is 0.229 e. The fourth-order valence-electron chi connectivity index (χ4n) is 0.859. The highest BCUT2D eigenvalue weighted by Crippen LogP contribution is 2.12. The summed E-state index contributed by atoms with van der Waals surface area (Å²) in [6.07, 6.45) is -0.0475. The van der Waals surface area contributed by atoms with Gasteiger partial charge in [-0.05, 0) is 18.2 Å². The van der Waals surface area contributed by atoms with Crippen molar-refractivity contribution in [3.63, 3.8) is 0 Å². The van der Waals surface area contributed by atoms with Gasteiger partial charge in [0, 0.05) is 10.6 Å². The zero-order chi connectivity index (χ0) is 10.6. The van der Waals surface area contributed by atoms with Crippen LogP contribution in [0, 0.1) is 17.7 Å². The molecule has 72 valence electrons. The zero-order valence-electron chi connectivity index (χ0n) is 7.18. The number of nitrogens with two attached hydrogens (primary N) is 1. The van der Waals surface area contributed by atoms with E-state index in [1.807, 2.05) is 0 Å². The van der Waals surface area contributed by atoms with E-state index in [0.29, 0.717) is 5.56 Å². The molecular weight excluding hydrogens is 205 g/mol. The molecule has 2 N–H and O–H groups in total. The Morgan fingerprint density at radius 1 is 1.50 bits per heavy atom. The summed E-state index contributed by atoms with van der Waals surface area (Å²) in [5.74, 6) is 4.12. The van der Waals surface area contributed by atoms with Crippen molar-refractivity contribution in [2.24, 2.45) is 5.73 Å². The Morgan fingerprint density at radius 2 is 2.21 bits per heavy atom. The van der Waals surface area contributed by atoms with Gasteiger partial charge >= 0.3 is 0 Å². The number of carbonyl (C=O) groups is 1. The fourth-order valence-corrected chi connectivity index (χ4v) is 1.08. The Bertz CT molecular complexity index is 400.